The molecule has 0 atom stereocenters. The van der Waals surface area contributed by atoms with E-state index in [1.165, 1.54) is 11.8 Å². The fraction of sp³-hybridized carbons (Fsp3) is 0. The number of aromatic amines is 1. The van der Waals surface area contributed by atoms with Crippen LogP contribution in [0.5, 0.6) is 5.75 Å². The molecular formula is C11H9N5OS. The summed E-state index contributed by atoms with van der Waals surface area (Å²) in [5.41, 5.74) is 6.93. The second-order valence-electron chi connectivity index (χ2n) is 3.58. The molecule has 0 amide bonds. The zero-order chi connectivity index (χ0) is 12.5. The number of nitrogens with two attached hydrogens (primary N) is 1. The molecule has 0 radical (unpaired) electrons. The summed E-state index contributed by atoms with van der Waals surface area (Å²) in [5, 5.41) is 9.94. The largest absolute Gasteiger partial charge is 0.508 e. The maximum absolute atomic E-state index is 9.23. The zero-order valence-corrected chi connectivity index (χ0v) is 9.98. The van der Waals surface area contributed by atoms with Gasteiger partial charge >= 0.3 is 0 Å². The van der Waals surface area contributed by atoms with Crippen molar-refractivity contribution >= 4 is 28.9 Å². The molecule has 2 aromatic heterocycles. The SMILES string of the molecule is Nc1nc(Sc2ccc(O)cc2)c2[nH]cnc2n1. The number of nitrogens with one attached hydrogen (secondary N) is 1. The highest BCUT2D eigenvalue weighted by Crippen LogP contribution is 2.31. The predicted molar refractivity (Wildman–Crippen MR) is 68.3 cm³/mol. The van der Waals surface area contributed by atoms with Crippen LogP contribution in [0.2, 0.25) is 0 Å². The molecule has 2 heterocycles. The average molecular weight is 259 g/mol. The van der Waals surface area contributed by atoms with E-state index < -0.39 is 0 Å². The van der Waals surface area contributed by atoms with Crippen molar-refractivity contribution in [2.24, 2.45) is 0 Å². The number of phenols is 1. The fourth-order valence-corrected chi connectivity index (χ4v) is 2.41. The van der Waals surface area contributed by atoms with E-state index in [-0.39, 0.29) is 11.7 Å². The van der Waals surface area contributed by atoms with Crippen molar-refractivity contribution < 1.29 is 5.11 Å². The van der Waals surface area contributed by atoms with Crippen molar-refractivity contribution in [3.8, 4) is 5.75 Å². The first-order chi connectivity index (χ1) is 8.72. The van der Waals surface area contributed by atoms with E-state index >= 15 is 0 Å². The molecule has 3 rings (SSSR count). The molecule has 6 nitrogen and oxygen atoms in total. The summed E-state index contributed by atoms with van der Waals surface area (Å²) in [6.45, 7) is 0. The quantitative estimate of drug-likeness (QED) is 0.606. The Balaban J connectivity index is 2.03. The molecule has 0 unspecified atom stereocenters. The summed E-state index contributed by atoms with van der Waals surface area (Å²) in [5.74, 6) is 0.420. The highest BCUT2D eigenvalue weighted by atomic mass is 32.2. The Morgan fingerprint density at radius 3 is 2.72 bits per heavy atom. The highest BCUT2D eigenvalue weighted by Gasteiger charge is 2.09. The van der Waals surface area contributed by atoms with Crippen molar-refractivity contribution in [3.63, 3.8) is 0 Å². The summed E-state index contributed by atoms with van der Waals surface area (Å²) in [7, 11) is 0. The number of hydrogen-bond donors (Lipinski definition) is 3. The molecule has 0 saturated heterocycles. The van der Waals surface area contributed by atoms with Crippen LogP contribution in [0.3, 0.4) is 0 Å². The predicted octanol–water partition coefficient (Wildman–Crippen LogP) is 1.79. The van der Waals surface area contributed by atoms with Gasteiger partial charge in [-0.25, -0.2) is 9.97 Å². The van der Waals surface area contributed by atoms with Gasteiger partial charge < -0.3 is 15.8 Å². The number of hydrogen-bond acceptors (Lipinski definition) is 6. The number of aromatic hydroxyl groups is 1. The van der Waals surface area contributed by atoms with Crippen LogP contribution in [0.1, 0.15) is 0 Å². The van der Waals surface area contributed by atoms with Gasteiger partial charge in [-0.15, -0.1) is 0 Å². The summed E-state index contributed by atoms with van der Waals surface area (Å²) in [4.78, 5) is 16.2. The summed E-state index contributed by atoms with van der Waals surface area (Å²) in [6, 6.07) is 6.86. The van der Waals surface area contributed by atoms with E-state index in [1.807, 2.05) is 0 Å². The lowest BCUT2D eigenvalue weighted by Gasteiger charge is -2.03. The maximum Gasteiger partial charge on any atom is 0.223 e. The Hall–Kier alpha value is -2.28. The zero-order valence-electron chi connectivity index (χ0n) is 9.16. The number of benzene rings is 1. The molecule has 0 saturated carbocycles. The number of imidazole rings is 1. The third-order valence-corrected chi connectivity index (χ3v) is 3.32. The minimum absolute atomic E-state index is 0.191. The van der Waals surface area contributed by atoms with Crippen molar-refractivity contribution in [2.45, 2.75) is 9.92 Å². The van der Waals surface area contributed by atoms with E-state index in [4.69, 9.17) is 5.73 Å². The third-order valence-electron chi connectivity index (χ3n) is 2.32. The molecule has 18 heavy (non-hydrogen) atoms. The summed E-state index contributed by atoms with van der Waals surface area (Å²) < 4.78 is 0. The number of aromatic nitrogens is 4. The second kappa shape index (κ2) is 4.19. The van der Waals surface area contributed by atoms with Gasteiger partial charge in [0.05, 0.1) is 6.33 Å². The van der Waals surface area contributed by atoms with Crippen LogP contribution in [0, 0.1) is 0 Å². The fourth-order valence-electron chi connectivity index (χ4n) is 1.52. The molecule has 0 spiro atoms. The summed E-state index contributed by atoms with van der Waals surface area (Å²) in [6.07, 6.45) is 1.56. The van der Waals surface area contributed by atoms with Crippen LogP contribution >= 0.6 is 11.8 Å². The van der Waals surface area contributed by atoms with E-state index in [9.17, 15) is 5.11 Å². The van der Waals surface area contributed by atoms with E-state index in [2.05, 4.69) is 19.9 Å². The van der Waals surface area contributed by atoms with Gasteiger partial charge in [0.25, 0.3) is 0 Å². The van der Waals surface area contributed by atoms with E-state index in [1.54, 1.807) is 30.6 Å². The van der Waals surface area contributed by atoms with Crippen LogP contribution in [0.4, 0.5) is 5.95 Å². The Bertz CT molecular complexity index is 694. The Morgan fingerprint density at radius 2 is 1.94 bits per heavy atom. The van der Waals surface area contributed by atoms with E-state index in [0.717, 1.165) is 10.4 Å². The minimum Gasteiger partial charge on any atom is -0.508 e. The first-order valence-corrected chi connectivity index (χ1v) is 5.97. The third kappa shape index (κ3) is 1.95. The normalized spacial score (nSPS) is 10.9. The molecule has 0 aliphatic heterocycles. The lowest BCUT2D eigenvalue weighted by molar-refractivity contribution is 0.475. The molecule has 0 aliphatic rings. The molecular weight excluding hydrogens is 250 g/mol. The van der Waals surface area contributed by atoms with Crippen LogP contribution in [0.25, 0.3) is 11.2 Å². The van der Waals surface area contributed by atoms with Gasteiger partial charge in [0, 0.05) is 4.90 Å². The summed E-state index contributed by atoms with van der Waals surface area (Å²) >= 11 is 1.43. The minimum atomic E-state index is 0.191. The Kier molecular flexibility index (Phi) is 2.52. The highest BCUT2D eigenvalue weighted by molar-refractivity contribution is 7.99. The van der Waals surface area contributed by atoms with Crippen LogP contribution < -0.4 is 5.73 Å². The van der Waals surface area contributed by atoms with Gasteiger partial charge in [-0.3, -0.25) is 0 Å². The number of H-pyrrole nitrogens is 1. The molecule has 3 aromatic rings. The molecule has 0 aliphatic carbocycles. The molecule has 0 fully saturated rings. The first-order valence-electron chi connectivity index (χ1n) is 5.16. The molecule has 0 bridgehead atoms. The number of rotatable bonds is 2. The number of anilines is 1. The smallest absolute Gasteiger partial charge is 0.223 e. The van der Waals surface area contributed by atoms with Gasteiger partial charge in [-0.1, -0.05) is 11.8 Å². The molecule has 7 heteroatoms. The van der Waals surface area contributed by atoms with Gasteiger partial charge in [0.15, 0.2) is 5.65 Å². The van der Waals surface area contributed by atoms with Crippen molar-refractivity contribution in [2.75, 3.05) is 5.73 Å². The number of nitrogens with zero attached hydrogens (tertiary/aromatic N) is 3. The molecule has 90 valence electrons. The standard InChI is InChI=1S/C11H9N5OS/c12-11-15-9-8(13-5-14-9)10(16-11)18-7-3-1-6(17)2-4-7/h1-5,17H,(H3,12,13,14,15,16). The van der Waals surface area contributed by atoms with Gasteiger partial charge in [-0.2, -0.15) is 4.98 Å². The average Bonchev–Trinajstić information content (AvgIpc) is 2.80. The van der Waals surface area contributed by atoms with Crippen LogP contribution in [0.15, 0.2) is 40.5 Å². The van der Waals surface area contributed by atoms with Crippen LogP contribution in [-0.4, -0.2) is 25.0 Å². The second-order valence-corrected chi connectivity index (χ2v) is 4.65. The van der Waals surface area contributed by atoms with Crippen molar-refractivity contribution in [3.05, 3.63) is 30.6 Å². The van der Waals surface area contributed by atoms with Crippen molar-refractivity contribution in [1.82, 2.24) is 19.9 Å². The Labute approximate surface area is 106 Å². The monoisotopic (exact) mass is 259 g/mol. The lowest BCUT2D eigenvalue weighted by atomic mass is 10.3. The lowest BCUT2D eigenvalue weighted by Crippen LogP contribution is -1.96. The number of fused-ring (bicyclic) bond motifs is 1. The topological polar surface area (TPSA) is 101 Å². The molecule has 1 aromatic carbocycles. The van der Waals surface area contributed by atoms with Crippen LogP contribution in [-0.2, 0) is 0 Å². The molecule has 4 N–H and O–H groups in total. The number of nitrogen functional groups attached to an aromatic ring is 1. The van der Waals surface area contributed by atoms with Gasteiger partial charge in [-0.05, 0) is 24.3 Å². The van der Waals surface area contributed by atoms with Crippen molar-refractivity contribution in [1.29, 1.82) is 0 Å². The number of phenolic OH excluding ortho intramolecular Hbond substituents is 1. The Morgan fingerprint density at radius 1 is 1.17 bits per heavy atom. The van der Waals surface area contributed by atoms with Gasteiger partial charge in [0.1, 0.15) is 16.3 Å². The maximum atomic E-state index is 9.23. The first kappa shape index (κ1) is 10.8. The van der Waals surface area contributed by atoms with Gasteiger partial charge in [0.2, 0.25) is 5.95 Å². The van der Waals surface area contributed by atoms with E-state index in [0.29, 0.717) is 10.7 Å².